The van der Waals surface area contributed by atoms with Crippen molar-refractivity contribution in [3.05, 3.63) is 0 Å². The van der Waals surface area contributed by atoms with Crippen molar-refractivity contribution >= 4 is 0 Å². The van der Waals surface area contributed by atoms with Crippen molar-refractivity contribution in [2.45, 2.75) is 19.3 Å². The van der Waals surface area contributed by atoms with Gasteiger partial charge in [0.2, 0.25) is 0 Å². The molecule has 2 rings (SSSR count). The molecule has 1 heterocycles. The maximum absolute atomic E-state index is 9.10. The zero-order chi connectivity index (χ0) is 7.90. The SMILES string of the molecule is NN1CC(CO)C2(CCC2)C1. The highest BCUT2D eigenvalue weighted by molar-refractivity contribution is 4.99. The molecule has 1 saturated carbocycles. The summed E-state index contributed by atoms with van der Waals surface area (Å²) in [5.74, 6) is 6.15. The van der Waals surface area contributed by atoms with E-state index in [1.54, 1.807) is 0 Å². The van der Waals surface area contributed by atoms with E-state index >= 15 is 0 Å². The van der Waals surface area contributed by atoms with Crippen LogP contribution in [0.15, 0.2) is 0 Å². The van der Waals surface area contributed by atoms with E-state index in [2.05, 4.69) is 0 Å². The quantitative estimate of drug-likeness (QED) is 0.523. The maximum atomic E-state index is 9.10. The molecule has 1 atom stereocenters. The molecule has 3 nitrogen and oxygen atoms in total. The molecule has 11 heavy (non-hydrogen) atoms. The molecular weight excluding hydrogens is 140 g/mol. The predicted octanol–water partition coefficient (Wildman–Crippen LogP) is -0.0455. The molecule has 0 amide bonds. The van der Waals surface area contributed by atoms with Crippen LogP contribution in [0.2, 0.25) is 0 Å². The molecule has 0 aromatic carbocycles. The van der Waals surface area contributed by atoms with E-state index in [1.807, 2.05) is 5.01 Å². The minimum atomic E-state index is 0.313. The summed E-state index contributed by atoms with van der Waals surface area (Å²) in [7, 11) is 0. The Balaban J connectivity index is 2.07. The zero-order valence-electron chi connectivity index (χ0n) is 6.79. The number of hydrogen-bond acceptors (Lipinski definition) is 3. The summed E-state index contributed by atoms with van der Waals surface area (Å²) in [6.45, 7) is 2.20. The summed E-state index contributed by atoms with van der Waals surface area (Å²) in [6, 6.07) is 0. The molecule has 1 saturated heterocycles. The molecule has 1 aliphatic heterocycles. The highest BCUT2D eigenvalue weighted by Gasteiger charge is 2.49. The summed E-state index contributed by atoms with van der Waals surface area (Å²) in [5.41, 5.74) is 0.406. The number of hydrazine groups is 1. The van der Waals surface area contributed by atoms with E-state index in [9.17, 15) is 0 Å². The third-order valence-electron chi connectivity index (χ3n) is 3.41. The van der Waals surface area contributed by atoms with Gasteiger partial charge in [0, 0.05) is 25.6 Å². The van der Waals surface area contributed by atoms with Crippen LogP contribution < -0.4 is 5.84 Å². The van der Waals surface area contributed by atoms with Crippen LogP contribution in [0.5, 0.6) is 0 Å². The van der Waals surface area contributed by atoms with Crippen LogP contribution in [0.3, 0.4) is 0 Å². The number of aliphatic hydroxyl groups excluding tert-OH is 1. The summed E-state index contributed by atoms with van der Waals surface area (Å²) in [5, 5.41) is 11.0. The first-order valence-corrected chi connectivity index (χ1v) is 4.37. The maximum Gasteiger partial charge on any atom is 0.0477 e. The third kappa shape index (κ3) is 0.991. The Morgan fingerprint density at radius 1 is 1.55 bits per heavy atom. The predicted molar refractivity (Wildman–Crippen MR) is 42.6 cm³/mol. The minimum absolute atomic E-state index is 0.313. The molecular formula is C8H16N2O. The highest BCUT2D eigenvalue weighted by atomic mass is 16.3. The van der Waals surface area contributed by atoms with E-state index in [-0.39, 0.29) is 0 Å². The molecule has 1 unspecified atom stereocenters. The Kier molecular flexibility index (Phi) is 1.67. The highest BCUT2D eigenvalue weighted by Crippen LogP contribution is 2.50. The molecule has 3 heteroatoms. The lowest BCUT2D eigenvalue weighted by Gasteiger charge is -2.42. The van der Waals surface area contributed by atoms with Crippen molar-refractivity contribution in [1.29, 1.82) is 0 Å². The molecule has 3 N–H and O–H groups in total. The molecule has 0 aromatic rings. The summed E-state index contributed by atoms with van der Waals surface area (Å²) in [6.07, 6.45) is 3.86. The minimum Gasteiger partial charge on any atom is -0.396 e. The number of aliphatic hydroxyl groups is 1. The van der Waals surface area contributed by atoms with Crippen LogP contribution in [-0.4, -0.2) is 29.8 Å². The molecule has 1 aliphatic carbocycles. The van der Waals surface area contributed by atoms with Crippen LogP contribution in [-0.2, 0) is 0 Å². The number of hydrogen-bond donors (Lipinski definition) is 2. The van der Waals surface area contributed by atoms with Crippen LogP contribution >= 0.6 is 0 Å². The Hall–Kier alpha value is -0.120. The Bertz CT molecular complexity index is 156. The average Bonchev–Trinajstić information content (AvgIpc) is 2.25. The van der Waals surface area contributed by atoms with Gasteiger partial charge >= 0.3 is 0 Å². The van der Waals surface area contributed by atoms with Gasteiger partial charge < -0.3 is 5.11 Å². The van der Waals surface area contributed by atoms with Crippen LogP contribution in [0.4, 0.5) is 0 Å². The lowest BCUT2D eigenvalue weighted by Crippen LogP contribution is -2.39. The first kappa shape index (κ1) is 7.53. The smallest absolute Gasteiger partial charge is 0.0477 e. The van der Waals surface area contributed by atoms with Gasteiger partial charge in [-0.25, -0.2) is 5.01 Å². The molecule has 0 bridgehead atoms. The second-order valence-corrected chi connectivity index (χ2v) is 4.02. The van der Waals surface area contributed by atoms with Gasteiger partial charge in [-0.3, -0.25) is 5.84 Å². The van der Waals surface area contributed by atoms with E-state index in [0.29, 0.717) is 17.9 Å². The van der Waals surface area contributed by atoms with Crippen molar-refractivity contribution in [2.75, 3.05) is 19.7 Å². The van der Waals surface area contributed by atoms with Crippen LogP contribution in [0.25, 0.3) is 0 Å². The molecule has 0 radical (unpaired) electrons. The largest absolute Gasteiger partial charge is 0.396 e. The van der Waals surface area contributed by atoms with Gasteiger partial charge in [-0.1, -0.05) is 6.42 Å². The van der Waals surface area contributed by atoms with Gasteiger partial charge in [-0.05, 0) is 18.3 Å². The molecule has 2 aliphatic rings. The number of nitrogens with zero attached hydrogens (tertiary/aromatic N) is 1. The van der Waals surface area contributed by atoms with Crippen molar-refractivity contribution in [3.63, 3.8) is 0 Å². The van der Waals surface area contributed by atoms with E-state index < -0.39 is 0 Å². The van der Waals surface area contributed by atoms with Crippen molar-refractivity contribution in [3.8, 4) is 0 Å². The second-order valence-electron chi connectivity index (χ2n) is 4.02. The Labute approximate surface area is 67.1 Å². The van der Waals surface area contributed by atoms with E-state index in [0.717, 1.165) is 13.1 Å². The fourth-order valence-electron chi connectivity index (χ4n) is 2.52. The average molecular weight is 156 g/mol. The van der Waals surface area contributed by atoms with Gasteiger partial charge in [0.05, 0.1) is 0 Å². The monoisotopic (exact) mass is 156 g/mol. The van der Waals surface area contributed by atoms with Gasteiger partial charge in [-0.15, -0.1) is 0 Å². The summed E-state index contributed by atoms with van der Waals surface area (Å²) in [4.78, 5) is 0. The molecule has 2 fully saturated rings. The first-order valence-electron chi connectivity index (χ1n) is 4.37. The van der Waals surface area contributed by atoms with E-state index in [1.165, 1.54) is 19.3 Å². The third-order valence-corrected chi connectivity index (χ3v) is 3.41. The fraction of sp³-hybridized carbons (Fsp3) is 1.00. The Morgan fingerprint density at radius 2 is 2.27 bits per heavy atom. The molecule has 0 aromatic heterocycles. The topological polar surface area (TPSA) is 49.5 Å². The van der Waals surface area contributed by atoms with Gasteiger partial charge in [0.1, 0.15) is 0 Å². The summed E-state index contributed by atoms with van der Waals surface area (Å²) < 4.78 is 0. The lowest BCUT2D eigenvalue weighted by atomic mass is 9.63. The number of nitrogens with two attached hydrogens (primary N) is 1. The first-order chi connectivity index (χ1) is 5.27. The normalized spacial score (nSPS) is 36.0. The number of rotatable bonds is 1. The van der Waals surface area contributed by atoms with Crippen LogP contribution in [0, 0.1) is 11.3 Å². The Morgan fingerprint density at radius 3 is 2.64 bits per heavy atom. The van der Waals surface area contributed by atoms with Crippen molar-refractivity contribution in [2.24, 2.45) is 17.2 Å². The molecule has 64 valence electrons. The second kappa shape index (κ2) is 2.44. The van der Waals surface area contributed by atoms with Crippen LogP contribution in [0.1, 0.15) is 19.3 Å². The van der Waals surface area contributed by atoms with E-state index in [4.69, 9.17) is 10.9 Å². The lowest BCUT2D eigenvalue weighted by molar-refractivity contribution is 0.0542. The summed E-state index contributed by atoms with van der Waals surface area (Å²) >= 11 is 0. The van der Waals surface area contributed by atoms with Crippen molar-refractivity contribution in [1.82, 2.24) is 5.01 Å². The van der Waals surface area contributed by atoms with Gasteiger partial charge in [-0.2, -0.15) is 0 Å². The van der Waals surface area contributed by atoms with Gasteiger partial charge in [0.15, 0.2) is 0 Å². The van der Waals surface area contributed by atoms with Gasteiger partial charge in [0.25, 0.3) is 0 Å². The zero-order valence-corrected chi connectivity index (χ0v) is 6.79. The fourth-order valence-corrected chi connectivity index (χ4v) is 2.52. The standard InChI is InChI=1S/C8H16N2O/c9-10-4-7(5-11)8(6-10)2-1-3-8/h7,11H,1-6,9H2. The van der Waals surface area contributed by atoms with Crippen molar-refractivity contribution < 1.29 is 5.11 Å². The molecule has 1 spiro atoms.